The standard InChI is InChI=1S/C10H18N2O3/c1-10(2,3)15-9(14)11-12-6-4-5-8(13)7-12/h4-7H2,1-3H3,(H,11,14). The van der Waals surface area contributed by atoms with Gasteiger partial charge in [-0.3, -0.25) is 10.2 Å². The van der Waals surface area contributed by atoms with Crippen molar-refractivity contribution < 1.29 is 14.3 Å². The summed E-state index contributed by atoms with van der Waals surface area (Å²) in [5.41, 5.74) is 2.05. The number of ketones is 1. The zero-order valence-electron chi connectivity index (χ0n) is 9.50. The molecule has 5 nitrogen and oxygen atoms in total. The van der Waals surface area contributed by atoms with Crippen LogP contribution in [0.5, 0.6) is 0 Å². The van der Waals surface area contributed by atoms with Crippen LogP contribution in [0.4, 0.5) is 4.79 Å². The second-order valence-corrected chi connectivity index (χ2v) is 4.68. The third kappa shape index (κ3) is 4.78. The van der Waals surface area contributed by atoms with E-state index in [1.165, 1.54) is 0 Å². The van der Waals surface area contributed by atoms with E-state index in [0.717, 1.165) is 6.42 Å². The first-order valence-corrected chi connectivity index (χ1v) is 5.13. The van der Waals surface area contributed by atoms with E-state index in [9.17, 15) is 9.59 Å². The summed E-state index contributed by atoms with van der Waals surface area (Å²) < 4.78 is 5.07. The summed E-state index contributed by atoms with van der Waals surface area (Å²) in [6.45, 7) is 6.38. The molecule has 0 aromatic rings. The highest BCUT2D eigenvalue weighted by Gasteiger charge is 2.21. The highest BCUT2D eigenvalue weighted by molar-refractivity contribution is 5.81. The second kappa shape index (κ2) is 4.61. The van der Waals surface area contributed by atoms with Crippen molar-refractivity contribution in [2.75, 3.05) is 13.1 Å². The van der Waals surface area contributed by atoms with E-state index < -0.39 is 11.7 Å². The second-order valence-electron chi connectivity index (χ2n) is 4.68. The minimum atomic E-state index is -0.510. The molecule has 0 unspecified atom stereocenters. The van der Waals surface area contributed by atoms with Crippen LogP contribution in [-0.4, -0.2) is 35.6 Å². The zero-order valence-corrected chi connectivity index (χ0v) is 9.50. The lowest BCUT2D eigenvalue weighted by molar-refractivity contribution is -0.123. The Hall–Kier alpha value is -1.10. The van der Waals surface area contributed by atoms with Gasteiger partial charge in [0.2, 0.25) is 0 Å². The fraction of sp³-hybridized carbons (Fsp3) is 0.800. The number of hydrazine groups is 1. The summed E-state index contributed by atoms with van der Waals surface area (Å²) in [4.78, 5) is 22.5. The van der Waals surface area contributed by atoms with Gasteiger partial charge in [-0.25, -0.2) is 9.80 Å². The van der Waals surface area contributed by atoms with Gasteiger partial charge in [0, 0.05) is 13.0 Å². The van der Waals surface area contributed by atoms with Crippen LogP contribution in [0.25, 0.3) is 0 Å². The molecule has 1 rings (SSSR count). The lowest BCUT2D eigenvalue weighted by atomic mass is 10.1. The van der Waals surface area contributed by atoms with Crippen molar-refractivity contribution in [2.45, 2.75) is 39.2 Å². The summed E-state index contributed by atoms with van der Waals surface area (Å²) in [6, 6.07) is 0. The highest BCUT2D eigenvalue weighted by Crippen LogP contribution is 2.08. The normalized spacial score (nSPS) is 18.7. The predicted octanol–water partition coefficient (Wildman–Crippen LogP) is 1.09. The first-order valence-electron chi connectivity index (χ1n) is 5.13. The summed E-state index contributed by atoms with van der Waals surface area (Å²) >= 11 is 0. The van der Waals surface area contributed by atoms with E-state index in [1.807, 2.05) is 0 Å². The van der Waals surface area contributed by atoms with E-state index in [-0.39, 0.29) is 12.3 Å². The van der Waals surface area contributed by atoms with Crippen molar-refractivity contribution in [1.29, 1.82) is 0 Å². The topological polar surface area (TPSA) is 58.6 Å². The van der Waals surface area contributed by atoms with Crippen LogP contribution in [0, 0.1) is 0 Å². The Morgan fingerprint density at radius 1 is 1.47 bits per heavy atom. The molecule has 15 heavy (non-hydrogen) atoms. The molecule has 1 aliphatic heterocycles. The van der Waals surface area contributed by atoms with Crippen LogP contribution in [0.1, 0.15) is 33.6 Å². The quantitative estimate of drug-likeness (QED) is 0.710. The van der Waals surface area contributed by atoms with Crippen molar-refractivity contribution in [2.24, 2.45) is 0 Å². The maximum Gasteiger partial charge on any atom is 0.422 e. The van der Waals surface area contributed by atoms with Crippen LogP contribution >= 0.6 is 0 Å². The molecule has 1 N–H and O–H groups in total. The summed E-state index contributed by atoms with van der Waals surface area (Å²) in [7, 11) is 0. The predicted molar refractivity (Wildman–Crippen MR) is 55.2 cm³/mol. The number of carbonyl (C=O) groups is 2. The molecule has 1 aliphatic rings. The number of nitrogens with zero attached hydrogens (tertiary/aromatic N) is 1. The van der Waals surface area contributed by atoms with E-state index in [1.54, 1.807) is 25.8 Å². The molecule has 1 saturated heterocycles. The van der Waals surface area contributed by atoms with Crippen molar-refractivity contribution in [3.63, 3.8) is 0 Å². The van der Waals surface area contributed by atoms with Gasteiger partial charge in [0.15, 0.2) is 0 Å². The number of rotatable bonds is 1. The SMILES string of the molecule is CC(C)(C)OC(=O)NN1CCCC(=O)C1. The number of piperidine rings is 1. The van der Waals surface area contributed by atoms with Gasteiger partial charge in [-0.05, 0) is 27.2 Å². The average molecular weight is 214 g/mol. The molecule has 0 aromatic carbocycles. The van der Waals surface area contributed by atoms with Crippen LogP contribution in [0.15, 0.2) is 0 Å². The zero-order chi connectivity index (χ0) is 11.5. The van der Waals surface area contributed by atoms with Gasteiger partial charge in [0.25, 0.3) is 0 Å². The summed E-state index contributed by atoms with van der Waals surface area (Å²) in [5.74, 6) is 0.150. The Bertz CT molecular complexity index is 258. The Labute approximate surface area is 89.7 Å². The lowest BCUT2D eigenvalue weighted by Crippen LogP contribution is -2.49. The van der Waals surface area contributed by atoms with Gasteiger partial charge in [-0.1, -0.05) is 0 Å². The molecule has 86 valence electrons. The molecule has 1 amide bonds. The minimum absolute atomic E-state index is 0.150. The van der Waals surface area contributed by atoms with Gasteiger partial charge < -0.3 is 4.74 Å². The third-order valence-electron chi connectivity index (χ3n) is 1.90. The van der Waals surface area contributed by atoms with Crippen LogP contribution in [-0.2, 0) is 9.53 Å². The van der Waals surface area contributed by atoms with E-state index >= 15 is 0 Å². The molecule has 0 bridgehead atoms. The minimum Gasteiger partial charge on any atom is -0.443 e. The van der Waals surface area contributed by atoms with Crippen molar-refractivity contribution in [3.8, 4) is 0 Å². The number of hydrogen-bond acceptors (Lipinski definition) is 4. The van der Waals surface area contributed by atoms with Crippen molar-refractivity contribution in [1.82, 2.24) is 10.4 Å². The van der Waals surface area contributed by atoms with Crippen LogP contribution in [0.3, 0.4) is 0 Å². The largest absolute Gasteiger partial charge is 0.443 e. The van der Waals surface area contributed by atoms with E-state index in [0.29, 0.717) is 13.0 Å². The summed E-state index contributed by atoms with van der Waals surface area (Å²) in [5, 5.41) is 1.60. The fourth-order valence-corrected chi connectivity index (χ4v) is 1.36. The Balaban J connectivity index is 2.34. The molecule has 0 aliphatic carbocycles. The molecule has 1 fully saturated rings. The monoisotopic (exact) mass is 214 g/mol. The summed E-state index contributed by atoms with van der Waals surface area (Å²) in [6.07, 6.45) is 0.887. The molecule has 0 atom stereocenters. The van der Waals surface area contributed by atoms with Gasteiger partial charge >= 0.3 is 6.09 Å². The molecular formula is C10H18N2O3. The van der Waals surface area contributed by atoms with Crippen LogP contribution < -0.4 is 5.43 Å². The molecule has 0 aromatic heterocycles. The number of ether oxygens (including phenoxy) is 1. The average Bonchev–Trinajstić information content (AvgIpc) is 1.99. The van der Waals surface area contributed by atoms with E-state index in [4.69, 9.17) is 4.74 Å². The van der Waals surface area contributed by atoms with Gasteiger partial charge in [0.1, 0.15) is 11.4 Å². The number of nitrogens with one attached hydrogen (secondary N) is 1. The maximum absolute atomic E-state index is 11.3. The van der Waals surface area contributed by atoms with Gasteiger partial charge in [0.05, 0.1) is 6.54 Å². The maximum atomic E-state index is 11.3. The highest BCUT2D eigenvalue weighted by atomic mass is 16.6. The number of hydrogen-bond donors (Lipinski definition) is 1. The Kier molecular flexibility index (Phi) is 3.68. The third-order valence-corrected chi connectivity index (χ3v) is 1.90. The Morgan fingerprint density at radius 3 is 2.67 bits per heavy atom. The van der Waals surface area contributed by atoms with Gasteiger partial charge in [-0.15, -0.1) is 0 Å². The van der Waals surface area contributed by atoms with Crippen molar-refractivity contribution >= 4 is 11.9 Å². The fourth-order valence-electron chi connectivity index (χ4n) is 1.36. The molecule has 0 radical (unpaired) electrons. The number of Topliss-reactive ketones (excluding diaryl/α,β-unsaturated/α-hetero) is 1. The first-order chi connectivity index (χ1) is 6.87. The first kappa shape index (κ1) is 12.0. The molecule has 1 heterocycles. The van der Waals surface area contributed by atoms with Crippen molar-refractivity contribution in [3.05, 3.63) is 0 Å². The van der Waals surface area contributed by atoms with E-state index in [2.05, 4.69) is 5.43 Å². The molecule has 0 spiro atoms. The molecular weight excluding hydrogens is 196 g/mol. The molecule has 5 heteroatoms. The van der Waals surface area contributed by atoms with Gasteiger partial charge in [-0.2, -0.15) is 0 Å². The molecule has 0 saturated carbocycles. The van der Waals surface area contributed by atoms with Crippen LogP contribution in [0.2, 0.25) is 0 Å². The Morgan fingerprint density at radius 2 is 2.13 bits per heavy atom. The lowest BCUT2D eigenvalue weighted by Gasteiger charge is -2.27. The number of carbonyl (C=O) groups excluding carboxylic acids is 2. The number of amides is 1. The smallest absolute Gasteiger partial charge is 0.422 e.